The van der Waals surface area contributed by atoms with Crippen molar-refractivity contribution in [1.29, 1.82) is 0 Å². The maximum atomic E-state index is 5.50. The molecular weight excluding hydrogens is 299 g/mol. The van der Waals surface area contributed by atoms with Crippen LogP contribution in [0.3, 0.4) is 0 Å². The van der Waals surface area contributed by atoms with Crippen molar-refractivity contribution in [2.45, 2.75) is 74.3 Å². The van der Waals surface area contributed by atoms with Crippen LogP contribution in [0.25, 0.3) is 0 Å². The molecule has 134 valence electrons. The Morgan fingerprint density at radius 3 is 2.00 bits per heavy atom. The average molecular weight is 339 g/mol. The lowest BCUT2D eigenvalue weighted by atomic mass is 9.78. The van der Waals surface area contributed by atoms with Crippen molar-refractivity contribution >= 4 is 9.47 Å². The Bertz CT molecular complexity index is 377. The SMILES string of the molecule is C#C.CC1=C(CC(OP)C(C)C)C(C)C(C)C=C1.CCC(C)C. The van der Waals surface area contributed by atoms with Crippen molar-refractivity contribution in [1.82, 2.24) is 0 Å². The van der Waals surface area contributed by atoms with Crippen molar-refractivity contribution in [2.75, 3.05) is 0 Å². The molecular formula is C21H39OP. The lowest BCUT2D eigenvalue weighted by molar-refractivity contribution is 0.176. The van der Waals surface area contributed by atoms with Crippen molar-refractivity contribution in [3.63, 3.8) is 0 Å². The first-order valence-electron chi connectivity index (χ1n) is 8.81. The quantitative estimate of drug-likeness (QED) is 0.402. The van der Waals surface area contributed by atoms with Gasteiger partial charge in [-0.05, 0) is 37.0 Å². The van der Waals surface area contributed by atoms with Gasteiger partial charge in [0.05, 0.1) is 6.10 Å². The zero-order valence-electron chi connectivity index (χ0n) is 16.6. The highest BCUT2D eigenvalue weighted by Crippen LogP contribution is 2.34. The summed E-state index contributed by atoms with van der Waals surface area (Å²) >= 11 is 0. The summed E-state index contributed by atoms with van der Waals surface area (Å²) in [7, 11) is 2.42. The molecule has 0 aromatic heterocycles. The molecule has 4 atom stereocenters. The van der Waals surface area contributed by atoms with Crippen LogP contribution in [0.2, 0.25) is 0 Å². The molecule has 1 aliphatic rings. The molecule has 0 aromatic rings. The van der Waals surface area contributed by atoms with Gasteiger partial charge < -0.3 is 4.52 Å². The van der Waals surface area contributed by atoms with Crippen LogP contribution in [0.5, 0.6) is 0 Å². The van der Waals surface area contributed by atoms with E-state index in [0.717, 1.165) is 12.3 Å². The van der Waals surface area contributed by atoms with Crippen LogP contribution in [0.4, 0.5) is 0 Å². The highest BCUT2D eigenvalue weighted by Gasteiger charge is 2.24. The molecule has 0 aliphatic heterocycles. The molecule has 0 fully saturated rings. The van der Waals surface area contributed by atoms with Crippen LogP contribution in [0.1, 0.15) is 68.2 Å². The highest BCUT2D eigenvalue weighted by atomic mass is 31.0. The van der Waals surface area contributed by atoms with Crippen molar-refractivity contribution < 1.29 is 4.52 Å². The fraction of sp³-hybridized carbons (Fsp3) is 0.714. The first-order chi connectivity index (χ1) is 10.7. The minimum absolute atomic E-state index is 0.316. The van der Waals surface area contributed by atoms with E-state index in [2.05, 4.69) is 89.9 Å². The summed E-state index contributed by atoms with van der Waals surface area (Å²) in [5.74, 6) is 2.74. The Morgan fingerprint density at radius 1 is 1.17 bits per heavy atom. The third kappa shape index (κ3) is 10.0. The highest BCUT2D eigenvalue weighted by molar-refractivity contribution is 7.09. The van der Waals surface area contributed by atoms with Crippen LogP contribution < -0.4 is 0 Å². The van der Waals surface area contributed by atoms with Crippen LogP contribution >= 0.6 is 9.47 Å². The summed E-state index contributed by atoms with van der Waals surface area (Å²) in [5.41, 5.74) is 2.99. The third-order valence-corrected chi connectivity index (χ3v) is 5.00. The first-order valence-corrected chi connectivity index (χ1v) is 9.28. The molecule has 0 radical (unpaired) electrons. The topological polar surface area (TPSA) is 9.23 Å². The molecule has 0 aromatic carbocycles. The number of terminal acetylenes is 1. The summed E-state index contributed by atoms with van der Waals surface area (Å²) in [4.78, 5) is 0. The maximum Gasteiger partial charge on any atom is 0.0671 e. The van der Waals surface area contributed by atoms with Gasteiger partial charge in [0, 0.05) is 9.47 Å². The lowest BCUT2D eigenvalue weighted by Crippen LogP contribution is -2.22. The van der Waals surface area contributed by atoms with E-state index in [4.69, 9.17) is 4.52 Å². The molecule has 2 heteroatoms. The first kappa shape index (κ1) is 24.7. The Balaban J connectivity index is 0. The van der Waals surface area contributed by atoms with E-state index >= 15 is 0 Å². The number of hydrogen-bond donors (Lipinski definition) is 0. The molecule has 0 heterocycles. The van der Waals surface area contributed by atoms with Gasteiger partial charge in [-0.25, -0.2) is 0 Å². The molecule has 0 N–H and O–H groups in total. The molecule has 0 bridgehead atoms. The van der Waals surface area contributed by atoms with Gasteiger partial charge in [-0.2, -0.15) is 0 Å². The van der Waals surface area contributed by atoms with Crippen molar-refractivity contribution in [3.8, 4) is 12.8 Å². The second-order valence-electron chi connectivity index (χ2n) is 7.14. The summed E-state index contributed by atoms with van der Waals surface area (Å²) < 4.78 is 5.50. The summed E-state index contributed by atoms with van der Waals surface area (Å²) in [5, 5.41) is 0. The fourth-order valence-electron chi connectivity index (χ4n) is 2.25. The van der Waals surface area contributed by atoms with Gasteiger partial charge >= 0.3 is 0 Å². The van der Waals surface area contributed by atoms with Crippen LogP contribution in [-0.4, -0.2) is 6.10 Å². The van der Waals surface area contributed by atoms with Gasteiger partial charge in [0.2, 0.25) is 0 Å². The van der Waals surface area contributed by atoms with E-state index in [0.29, 0.717) is 23.9 Å². The molecule has 4 unspecified atom stereocenters. The van der Waals surface area contributed by atoms with Gasteiger partial charge in [-0.1, -0.05) is 78.2 Å². The van der Waals surface area contributed by atoms with Crippen LogP contribution in [0.15, 0.2) is 23.3 Å². The molecule has 0 spiro atoms. The van der Waals surface area contributed by atoms with Gasteiger partial charge in [-0.3, -0.25) is 0 Å². The second-order valence-corrected chi connectivity index (χ2v) is 7.41. The van der Waals surface area contributed by atoms with Crippen molar-refractivity contribution in [3.05, 3.63) is 23.3 Å². The van der Waals surface area contributed by atoms with Gasteiger partial charge in [0.1, 0.15) is 0 Å². The summed E-state index contributed by atoms with van der Waals surface area (Å²) in [6.07, 6.45) is 15.3. The van der Waals surface area contributed by atoms with E-state index in [9.17, 15) is 0 Å². The van der Waals surface area contributed by atoms with Crippen molar-refractivity contribution in [2.24, 2.45) is 23.7 Å². The predicted molar refractivity (Wildman–Crippen MR) is 109 cm³/mol. The van der Waals surface area contributed by atoms with E-state index in [-0.39, 0.29) is 0 Å². The maximum absolute atomic E-state index is 5.50. The normalized spacial score (nSPS) is 21.4. The fourth-order valence-corrected chi connectivity index (χ4v) is 2.66. The number of hydrogen-bond acceptors (Lipinski definition) is 1. The van der Waals surface area contributed by atoms with Gasteiger partial charge in [-0.15, -0.1) is 12.8 Å². The third-order valence-electron chi connectivity index (χ3n) is 4.65. The molecule has 0 amide bonds. The second kappa shape index (κ2) is 13.8. The molecule has 0 saturated carbocycles. The van der Waals surface area contributed by atoms with Crippen LogP contribution in [0, 0.1) is 36.5 Å². The minimum Gasteiger partial charge on any atom is -0.362 e. The minimum atomic E-state index is 0.316. The van der Waals surface area contributed by atoms with E-state index in [1.54, 1.807) is 5.57 Å². The molecule has 23 heavy (non-hydrogen) atoms. The largest absolute Gasteiger partial charge is 0.362 e. The number of rotatable bonds is 5. The molecule has 1 nitrogen and oxygen atoms in total. The van der Waals surface area contributed by atoms with Crippen LogP contribution in [-0.2, 0) is 4.52 Å². The summed E-state index contributed by atoms with van der Waals surface area (Å²) in [6.45, 7) is 17.9. The predicted octanol–water partition coefficient (Wildman–Crippen LogP) is 6.67. The average Bonchev–Trinajstić information content (AvgIpc) is 2.53. The summed E-state index contributed by atoms with van der Waals surface area (Å²) in [6, 6.07) is 0. The van der Waals surface area contributed by atoms with Gasteiger partial charge in [0.15, 0.2) is 0 Å². The molecule has 0 saturated heterocycles. The van der Waals surface area contributed by atoms with E-state index < -0.39 is 0 Å². The zero-order valence-corrected chi connectivity index (χ0v) is 17.8. The van der Waals surface area contributed by atoms with E-state index in [1.165, 1.54) is 12.0 Å². The standard InChI is InChI=1S/C14H25OP.C5H12.C2H2/c1-9(2)14(15-16)8-13-11(4)7-6-10(3)12(13)5;1-4-5(2)3;1-2/h6-7,9-10,12,14H,8,16H2,1-5H3;5H,4H2,1-3H3;1-2H. The number of allylic oxidation sites excluding steroid dienone is 3. The smallest absolute Gasteiger partial charge is 0.0671 e. The Morgan fingerprint density at radius 2 is 1.65 bits per heavy atom. The Kier molecular flexibility index (Phi) is 14.8. The molecule has 1 rings (SSSR count). The monoisotopic (exact) mass is 338 g/mol. The lowest BCUT2D eigenvalue weighted by Gasteiger charge is -2.30. The Hall–Kier alpha value is -0.570. The zero-order chi connectivity index (χ0) is 18.6. The van der Waals surface area contributed by atoms with Gasteiger partial charge in [0.25, 0.3) is 0 Å². The van der Waals surface area contributed by atoms with E-state index in [1.807, 2.05) is 0 Å². The Labute approximate surface area is 148 Å². The molecule has 1 aliphatic carbocycles.